The van der Waals surface area contributed by atoms with Crippen LogP contribution in [0.3, 0.4) is 0 Å². The lowest BCUT2D eigenvalue weighted by Gasteiger charge is -2.09. The van der Waals surface area contributed by atoms with E-state index in [4.69, 9.17) is 0 Å². The zero-order valence-electron chi connectivity index (χ0n) is 16.7. The van der Waals surface area contributed by atoms with Crippen LogP contribution in [0, 0.1) is 6.92 Å². The molecule has 2 N–H and O–H groups in total. The number of aryl methyl sites for hydroxylation is 1. The molecule has 0 aliphatic rings. The van der Waals surface area contributed by atoms with Crippen molar-refractivity contribution in [1.29, 1.82) is 0 Å². The number of halogens is 4. The van der Waals surface area contributed by atoms with Gasteiger partial charge in [0, 0.05) is 10.2 Å². The molecule has 33 heavy (non-hydrogen) atoms. The summed E-state index contributed by atoms with van der Waals surface area (Å²) in [6, 6.07) is 8.32. The first kappa shape index (κ1) is 25.0. The number of amides is 1. The van der Waals surface area contributed by atoms with Crippen molar-refractivity contribution in [3.8, 4) is 0 Å². The lowest BCUT2D eigenvalue weighted by molar-refractivity contribution is -0.137. The van der Waals surface area contributed by atoms with Gasteiger partial charge >= 0.3 is 6.18 Å². The number of aromatic amines is 1. The van der Waals surface area contributed by atoms with E-state index in [1.54, 1.807) is 18.2 Å². The summed E-state index contributed by atoms with van der Waals surface area (Å²) < 4.78 is 64.9. The summed E-state index contributed by atoms with van der Waals surface area (Å²) in [6.45, 7) is 1.86. The number of nitrogens with zero attached hydrogens (tertiary/aromatic N) is 1. The molecule has 0 bridgehead atoms. The van der Waals surface area contributed by atoms with E-state index in [0.717, 1.165) is 46.2 Å². The Morgan fingerprint density at radius 3 is 2.58 bits per heavy atom. The van der Waals surface area contributed by atoms with Crippen LogP contribution in [-0.4, -0.2) is 30.0 Å². The number of anilines is 1. The Bertz CT molecular complexity index is 1380. The second-order valence-electron chi connectivity index (χ2n) is 6.71. The van der Waals surface area contributed by atoms with E-state index in [1.807, 2.05) is 6.92 Å². The van der Waals surface area contributed by atoms with Gasteiger partial charge in [0.25, 0.3) is 5.56 Å². The lowest BCUT2D eigenvalue weighted by Crippen LogP contribution is -2.20. The molecule has 0 saturated carbocycles. The molecule has 0 atom stereocenters. The second-order valence-corrected chi connectivity index (χ2v) is 10.4. The van der Waals surface area contributed by atoms with Crippen molar-refractivity contribution in [2.24, 2.45) is 0 Å². The lowest BCUT2D eigenvalue weighted by atomic mass is 10.2. The fourth-order valence-corrected chi connectivity index (χ4v) is 4.81. The molecule has 13 heteroatoms. The molecule has 0 aliphatic carbocycles. The minimum Gasteiger partial charge on any atom is -0.325 e. The van der Waals surface area contributed by atoms with Gasteiger partial charge in [-0.3, -0.25) is 9.59 Å². The van der Waals surface area contributed by atoms with Gasteiger partial charge in [-0.25, -0.2) is 13.4 Å². The van der Waals surface area contributed by atoms with Gasteiger partial charge in [0.1, 0.15) is 0 Å². The van der Waals surface area contributed by atoms with Crippen LogP contribution < -0.4 is 10.9 Å². The quantitative estimate of drug-likeness (QED) is 0.340. The zero-order chi connectivity index (χ0) is 24.4. The van der Waals surface area contributed by atoms with E-state index in [1.165, 1.54) is 0 Å². The van der Waals surface area contributed by atoms with Gasteiger partial charge in [-0.2, -0.15) is 13.2 Å². The summed E-state index contributed by atoms with van der Waals surface area (Å²) in [5.74, 6) is -0.511. The van der Waals surface area contributed by atoms with E-state index in [0.29, 0.717) is 11.8 Å². The maximum absolute atomic E-state index is 12.9. The second kappa shape index (κ2) is 9.69. The van der Waals surface area contributed by atoms with Gasteiger partial charge in [-0.05, 0) is 48.9 Å². The minimum atomic E-state index is -4.74. The first-order valence-corrected chi connectivity index (χ1v) is 12.3. The summed E-state index contributed by atoms with van der Waals surface area (Å²) >= 11 is 4.22. The van der Waals surface area contributed by atoms with Crippen LogP contribution in [0.25, 0.3) is 0 Å². The number of carbonyl (C=O) groups excluding carboxylic acids is 1. The standard InChI is InChI=1S/C20H15BrF3N3O4S2/c1-11-7-13(5-6-15(11)21)26-17(28)10-32-19-25-9-16(18(29)27-19)33(30,31)14-4-2-3-12(8-14)20(22,23)24/h2-9H,10H2,1H3,(H,26,28)(H,25,27,29). The predicted molar refractivity (Wildman–Crippen MR) is 120 cm³/mol. The monoisotopic (exact) mass is 561 g/mol. The van der Waals surface area contributed by atoms with Crippen LogP contribution in [-0.2, 0) is 20.8 Å². The minimum absolute atomic E-state index is 0.0230. The SMILES string of the molecule is Cc1cc(NC(=O)CSc2ncc(S(=O)(=O)c3cccc(C(F)(F)F)c3)c(=O)[nH]2)ccc1Br. The number of nitrogens with one attached hydrogen (secondary N) is 2. The summed E-state index contributed by atoms with van der Waals surface area (Å²) in [7, 11) is -4.55. The number of sulfone groups is 1. The number of hydrogen-bond donors (Lipinski definition) is 2. The third-order valence-corrected chi connectivity index (χ3v) is 7.81. The van der Waals surface area contributed by atoms with E-state index >= 15 is 0 Å². The van der Waals surface area contributed by atoms with Crippen molar-refractivity contribution in [2.45, 2.75) is 28.0 Å². The average Bonchev–Trinajstić information content (AvgIpc) is 2.74. The number of thioether (sulfide) groups is 1. The molecule has 1 aromatic heterocycles. The van der Waals surface area contributed by atoms with Crippen LogP contribution in [0.5, 0.6) is 0 Å². The number of hydrogen-bond acceptors (Lipinski definition) is 6. The van der Waals surface area contributed by atoms with Crippen molar-refractivity contribution >= 4 is 49.1 Å². The topological polar surface area (TPSA) is 109 Å². The number of aromatic nitrogens is 2. The van der Waals surface area contributed by atoms with Gasteiger partial charge in [0.15, 0.2) is 10.1 Å². The van der Waals surface area contributed by atoms with Crippen molar-refractivity contribution < 1.29 is 26.4 Å². The number of carbonyl (C=O) groups is 1. The molecule has 174 valence electrons. The Hall–Kier alpha value is -2.64. The third kappa shape index (κ3) is 6.03. The van der Waals surface area contributed by atoms with Crippen molar-refractivity contribution in [3.05, 3.63) is 74.6 Å². The fraction of sp³-hybridized carbons (Fsp3) is 0.150. The van der Waals surface area contributed by atoms with Crippen LogP contribution in [0.1, 0.15) is 11.1 Å². The van der Waals surface area contributed by atoms with Crippen LogP contribution in [0.4, 0.5) is 18.9 Å². The summed E-state index contributed by atoms with van der Waals surface area (Å²) in [4.78, 5) is 29.0. The number of H-pyrrole nitrogens is 1. The smallest absolute Gasteiger partial charge is 0.325 e. The predicted octanol–water partition coefficient (Wildman–Crippen LogP) is 4.42. The number of rotatable bonds is 6. The molecule has 7 nitrogen and oxygen atoms in total. The highest BCUT2D eigenvalue weighted by Crippen LogP contribution is 2.31. The maximum Gasteiger partial charge on any atom is 0.416 e. The van der Waals surface area contributed by atoms with Gasteiger partial charge in [-0.15, -0.1) is 0 Å². The van der Waals surface area contributed by atoms with E-state index < -0.39 is 36.9 Å². The molecule has 1 heterocycles. The van der Waals surface area contributed by atoms with Gasteiger partial charge in [0.2, 0.25) is 15.7 Å². The summed E-state index contributed by atoms with van der Waals surface area (Å²) in [6.07, 6.45) is -3.99. The number of alkyl halides is 3. The van der Waals surface area contributed by atoms with E-state index in [2.05, 4.69) is 31.2 Å². The molecule has 0 spiro atoms. The molecule has 0 aliphatic heterocycles. The fourth-order valence-electron chi connectivity index (χ4n) is 2.65. The van der Waals surface area contributed by atoms with Crippen molar-refractivity contribution in [3.63, 3.8) is 0 Å². The van der Waals surface area contributed by atoms with Gasteiger partial charge < -0.3 is 10.3 Å². The Morgan fingerprint density at radius 2 is 1.94 bits per heavy atom. The first-order valence-electron chi connectivity index (χ1n) is 9.08. The van der Waals surface area contributed by atoms with Gasteiger partial charge in [-0.1, -0.05) is 33.8 Å². The maximum atomic E-state index is 12.9. The van der Waals surface area contributed by atoms with Crippen molar-refractivity contribution in [2.75, 3.05) is 11.1 Å². The third-order valence-electron chi connectivity index (χ3n) is 4.29. The zero-order valence-corrected chi connectivity index (χ0v) is 20.0. The molecular weight excluding hydrogens is 547 g/mol. The Kier molecular flexibility index (Phi) is 7.34. The van der Waals surface area contributed by atoms with Crippen LogP contribution in [0.2, 0.25) is 0 Å². The van der Waals surface area contributed by atoms with E-state index in [-0.39, 0.29) is 16.8 Å². The van der Waals surface area contributed by atoms with E-state index in [9.17, 15) is 31.2 Å². The first-order chi connectivity index (χ1) is 15.4. The molecule has 0 saturated heterocycles. The Morgan fingerprint density at radius 1 is 1.21 bits per heavy atom. The highest BCUT2D eigenvalue weighted by atomic mass is 79.9. The average molecular weight is 562 g/mol. The molecule has 2 aromatic carbocycles. The number of benzene rings is 2. The highest BCUT2D eigenvalue weighted by molar-refractivity contribution is 9.10. The molecule has 0 unspecified atom stereocenters. The molecule has 1 amide bonds. The summed E-state index contributed by atoms with van der Waals surface area (Å²) in [5, 5.41) is 2.66. The van der Waals surface area contributed by atoms with Gasteiger partial charge in [0.05, 0.1) is 22.4 Å². The normalized spacial score (nSPS) is 11.9. The summed E-state index contributed by atoms with van der Waals surface area (Å²) in [5.41, 5.74) is -0.727. The van der Waals surface area contributed by atoms with Crippen LogP contribution >= 0.6 is 27.7 Å². The van der Waals surface area contributed by atoms with Crippen molar-refractivity contribution in [1.82, 2.24) is 9.97 Å². The Labute approximate surface area is 198 Å². The molecule has 3 rings (SSSR count). The molecule has 0 fully saturated rings. The largest absolute Gasteiger partial charge is 0.416 e. The molecular formula is C20H15BrF3N3O4S2. The molecule has 0 radical (unpaired) electrons. The Balaban J connectivity index is 1.74. The molecule has 3 aromatic rings. The van der Waals surface area contributed by atoms with Crippen LogP contribution in [0.15, 0.2) is 72.9 Å². The highest BCUT2D eigenvalue weighted by Gasteiger charge is 2.32.